The number of rotatable bonds is 11. The first-order chi connectivity index (χ1) is 18.7. The predicted octanol–water partition coefficient (Wildman–Crippen LogP) is 3.29. The summed E-state index contributed by atoms with van der Waals surface area (Å²) in [4.78, 5) is 24.3. The third-order valence-corrected chi connectivity index (χ3v) is 9.58. The van der Waals surface area contributed by atoms with Gasteiger partial charge in [-0.15, -0.1) is 0 Å². The topological polar surface area (TPSA) is 140 Å². The molecule has 3 aliphatic rings. The van der Waals surface area contributed by atoms with E-state index in [0.717, 1.165) is 70.8 Å². The van der Waals surface area contributed by atoms with E-state index < -0.39 is 6.10 Å². The molecule has 9 nitrogen and oxygen atoms in total. The monoisotopic (exact) mass is 554 g/mol. The minimum Gasteiger partial charge on any atom is -0.462 e. The molecule has 39 heavy (non-hydrogen) atoms. The number of aliphatic hydroxyl groups excluding tert-OH is 2. The van der Waals surface area contributed by atoms with Crippen molar-refractivity contribution in [1.29, 1.82) is 0 Å². The fourth-order valence-corrected chi connectivity index (χ4v) is 7.64. The Hall–Kier alpha value is -1.26. The van der Waals surface area contributed by atoms with E-state index in [4.69, 9.17) is 19.9 Å². The van der Waals surface area contributed by atoms with E-state index >= 15 is 0 Å². The first kappa shape index (κ1) is 32.3. The van der Waals surface area contributed by atoms with Gasteiger partial charge in [-0.3, -0.25) is 9.59 Å². The molecule has 10 unspecified atom stereocenters. The van der Waals surface area contributed by atoms with Crippen molar-refractivity contribution in [2.75, 3.05) is 20.3 Å². The van der Waals surface area contributed by atoms with Crippen LogP contribution in [0.1, 0.15) is 97.3 Å². The minimum absolute atomic E-state index is 0.0218. The smallest absolute Gasteiger partial charge is 0.302 e. The highest BCUT2D eigenvalue weighted by Crippen LogP contribution is 2.43. The first-order valence-corrected chi connectivity index (χ1v) is 15.3. The number of carbonyl (C=O) groups excluding carboxylic acids is 2. The number of carbonyl (C=O) groups is 2. The minimum atomic E-state index is -0.487. The zero-order valence-electron chi connectivity index (χ0n) is 24.4. The molecule has 9 heteroatoms. The fraction of sp³-hybridized carbons (Fsp3) is 0.933. The third kappa shape index (κ3) is 10.3. The fourth-order valence-electron chi connectivity index (χ4n) is 7.64. The Labute approximate surface area is 234 Å². The Balaban J connectivity index is 1.73. The molecule has 0 bridgehead atoms. The molecule has 2 aliphatic carbocycles. The van der Waals surface area contributed by atoms with E-state index in [0.29, 0.717) is 37.0 Å². The number of esters is 2. The highest BCUT2D eigenvalue weighted by molar-refractivity contribution is 5.66. The van der Waals surface area contributed by atoms with Crippen LogP contribution < -0.4 is 11.1 Å². The summed E-state index contributed by atoms with van der Waals surface area (Å²) in [5.74, 6) is 0.771. The zero-order valence-corrected chi connectivity index (χ0v) is 24.4. The largest absolute Gasteiger partial charge is 0.462 e. The van der Waals surface area contributed by atoms with Gasteiger partial charge in [0.15, 0.2) is 0 Å². The molecule has 0 aromatic heterocycles. The van der Waals surface area contributed by atoms with Crippen molar-refractivity contribution < 1.29 is 34.0 Å². The summed E-state index contributed by atoms with van der Waals surface area (Å²) in [6.07, 6.45) is 9.98. The highest BCUT2D eigenvalue weighted by Gasteiger charge is 2.41. The molecule has 226 valence electrons. The zero-order chi connectivity index (χ0) is 28.4. The molecule has 0 spiro atoms. The van der Waals surface area contributed by atoms with Crippen molar-refractivity contribution in [2.45, 2.75) is 128 Å². The summed E-state index contributed by atoms with van der Waals surface area (Å²) in [7, 11) is 1.66. The number of methoxy groups -OCH3 is 1. The number of nitrogens with two attached hydrogens (primary N) is 1. The van der Waals surface area contributed by atoms with Gasteiger partial charge in [0, 0.05) is 34.0 Å². The number of hydrogen-bond donors (Lipinski definition) is 4. The van der Waals surface area contributed by atoms with Crippen LogP contribution in [-0.2, 0) is 23.8 Å². The maximum atomic E-state index is 12.1. The van der Waals surface area contributed by atoms with Crippen molar-refractivity contribution in [1.82, 2.24) is 5.32 Å². The SMILES string of the molecule is COC1CC(CCC(CC(OC(C)=O)C2CCCCCC(CO)C2)OC(C)=O)C(C2CCNC(N)C2)CC1O. The van der Waals surface area contributed by atoms with Crippen molar-refractivity contribution in [3.8, 4) is 0 Å². The van der Waals surface area contributed by atoms with Crippen LogP contribution in [-0.4, -0.2) is 73.0 Å². The van der Waals surface area contributed by atoms with Crippen molar-refractivity contribution in [3.05, 3.63) is 0 Å². The Morgan fingerprint density at radius 3 is 2.41 bits per heavy atom. The summed E-state index contributed by atoms with van der Waals surface area (Å²) >= 11 is 0. The summed E-state index contributed by atoms with van der Waals surface area (Å²) < 4.78 is 17.4. The second-order valence-corrected chi connectivity index (χ2v) is 12.5. The molecule has 2 saturated carbocycles. The average molecular weight is 555 g/mol. The second kappa shape index (κ2) is 16.2. The molecule has 0 aromatic carbocycles. The number of ether oxygens (including phenoxy) is 3. The van der Waals surface area contributed by atoms with Crippen LogP contribution in [0.25, 0.3) is 0 Å². The molecule has 0 amide bonds. The quantitative estimate of drug-likeness (QED) is 0.283. The number of nitrogens with one attached hydrogen (secondary N) is 1. The van der Waals surface area contributed by atoms with Crippen LogP contribution in [0.4, 0.5) is 0 Å². The predicted molar refractivity (Wildman–Crippen MR) is 148 cm³/mol. The van der Waals surface area contributed by atoms with Crippen LogP contribution in [0.3, 0.4) is 0 Å². The van der Waals surface area contributed by atoms with Gasteiger partial charge < -0.3 is 35.5 Å². The molecule has 5 N–H and O–H groups in total. The van der Waals surface area contributed by atoms with Gasteiger partial charge in [0.05, 0.1) is 18.4 Å². The van der Waals surface area contributed by atoms with Crippen molar-refractivity contribution >= 4 is 11.9 Å². The lowest BCUT2D eigenvalue weighted by molar-refractivity contribution is -0.156. The van der Waals surface area contributed by atoms with Crippen LogP contribution >= 0.6 is 0 Å². The van der Waals surface area contributed by atoms with E-state index in [1.54, 1.807) is 7.11 Å². The third-order valence-electron chi connectivity index (χ3n) is 9.58. The van der Waals surface area contributed by atoms with Gasteiger partial charge in [0.1, 0.15) is 12.2 Å². The van der Waals surface area contributed by atoms with Gasteiger partial charge in [-0.05, 0) is 93.9 Å². The Kier molecular flexibility index (Phi) is 13.4. The first-order valence-electron chi connectivity index (χ1n) is 15.3. The number of piperidine rings is 1. The molecule has 10 atom stereocenters. The van der Waals surface area contributed by atoms with Gasteiger partial charge in [0.25, 0.3) is 0 Å². The lowest BCUT2D eigenvalue weighted by atomic mass is 9.66. The maximum absolute atomic E-state index is 12.1. The maximum Gasteiger partial charge on any atom is 0.302 e. The van der Waals surface area contributed by atoms with Gasteiger partial charge in [-0.25, -0.2) is 0 Å². The normalized spacial score (nSPS) is 35.7. The second-order valence-electron chi connectivity index (χ2n) is 12.5. The summed E-state index contributed by atoms with van der Waals surface area (Å²) in [6.45, 7) is 3.90. The average Bonchev–Trinajstić information content (AvgIpc) is 2.86. The van der Waals surface area contributed by atoms with Crippen molar-refractivity contribution in [2.24, 2.45) is 35.3 Å². The molecular formula is C30H54N2O7. The van der Waals surface area contributed by atoms with Gasteiger partial charge in [-0.1, -0.05) is 19.3 Å². The van der Waals surface area contributed by atoms with E-state index in [1.807, 2.05) is 0 Å². The van der Waals surface area contributed by atoms with Crippen molar-refractivity contribution in [3.63, 3.8) is 0 Å². The molecule has 0 aromatic rings. The molecule has 1 aliphatic heterocycles. The summed E-state index contributed by atoms with van der Waals surface area (Å²) in [5.41, 5.74) is 6.24. The van der Waals surface area contributed by atoms with E-state index in [-0.39, 0.29) is 54.9 Å². The molecule has 1 heterocycles. The van der Waals surface area contributed by atoms with Crippen LogP contribution in [0, 0.1) is 29.6 Å². The molecule has 3 rings (SSSR count). The molecular weight excluding hydrogens is 500 g/mol. The standard InChI is InChI=1S/C30H54N2O7/c1-19(34)38-25(16-28(39-20(2)35)24-8-6-4-5-7-21(13-24)18-33)10-9-22-14-29(37-3)27(36)17-26(22)23-11-12-32-30(31)15-23/h21-30,32-33,36H,4-18,31H2,1-3H3. The molecule has 1 saturated heterocycles. The lowest BCUT2D eigenvalue weighted by Gasteiger charge is -2.45. The van der Waals surface area contributed by atoms with Gasteiger partial charge >= 0.3 is 11.9 Å². The van der Waals surface area contributed by atoms with Crippen LogP contribution in [0.5, 0.6) is 0 Å². The highest BCUT2D eigenvalue weighted by atomic mass is 16.6. The number of aliphatic hydroxyl groups is 2. The van der Waals surface area contributed by atoms with E-state index in [9.17, 15) is 19.8 Å². The van der Waals surface area contributed by atoms with Crippen LogP contribution in [0.2, 0.25) is 0 Å². The molecule has 3 fully saturated rings. The Morgan fingerprint density at radius 2 is 1.74 bits per heavy atom. The summed E-state index contributed by atoms with van der Waals surface area (Å²) in [6, 6.07) is 0. The molecule has 0 radical (unpaired) electrons. The summed E-state index contributed by atoms with van der Waals surface area (Å²) in [5, 5.41) is 24.0. The number of hydrogen-bond acceptors (Lipinski definition) is 9. The van der Waals surface area contributed by atoms with E-state index in [1.165, 1.54) is 13.8 Å². The van der Waals surface area contributed by atoms with E-state index in [2.05, 4.69) is 5.32 Å². The Bertz CT molecular complexity index is 753. The van der Waals surface area contributed by atoms with Gasteiger partial charge in [-0.2, -0.15) is 0 Å². The van der Waals surface area contributed by atoms with Crippen LogP contribution in [0.15, 0.2) is 0 Å². The Morgan fingerprint density at radius 1 is 1.00 bits per heavy atom. The lowest BCUT2D eigenvalue weighted by Crippen LogP contribution is -2.49. The van der Waals surface area contributed by atoms with Gasteiger partial charge in [0.2, 0.25) is 0 Å².